The van der Waals surface area contributed by atoms with Crippen molar-refractivity contribution in [2.45, 2.75) is 46.3 Å². The summed E-state index contributed by atoms with van der Waals surface area (Å²) < 4.78 is 22.5. The maximum Gasteiger partial charge on any atom is 0.498 e. The van der Waals surface area contributed by atoms with Crippen molar-refractivity contribution >= 4 is 18.7 Å². The molecular weight excluding hydrogens is 309 g/mol. The first-order valence-corrected chi connectivity index (χ1v) is 8.43. The molecule has 1 N–H and O–H groups in total. The minimum Gasteiger partial charge on any atom is -0.492 e. The zero-order valence-corrected chi connectivity index (χ0v) is 15.0. The highest BCUT2D eigenvalue weighted by molar-refractivity contribution is 6.64. The Kier molecular flexibility index (Phi) is 6.13. The number of ether oxygens (including phenoxy) is 2. The van der Waals surface area contributed by atoms with E-state index in [2.05, 4.69) is 5.32 Å². The van der Waals surface area contributed by atoms with Crippen molar-refractivity contribution < 1.29 is 23.6 Å². The van der Waals surface area contributed by atoms with Crippen LogP contribution < -0.4 is 15.5 Å². The molecule has 2 aliphatic rings. The summed E-state index contributed by atoms with van der Waals surface area (Å²) in [4.78, 5) is 11.8. The van der Waals surface area contributed by atoms with Crippen LogP contribution in [0, 0.1) is 0 Å². The summed E-state index contributed by atoms with van der Waals surface area (Å²) in [5, 5.41) is 2.74. The van der Waals surface area contributed by atoms with Gasteiger partial charge in [-0.05, 0) is 32.4 Å². The summed E-state index contributed by atoms with van der Waals surface area (Å²) in [5.74, 6) is 0.791. The first-order valence-electron chi connectivity index (χ1n) is 8.43. The lowest BCUT2D eigenvalue weighted by molar-refractivity contribution is 0.0494. The van der Waals surface area contributed by atoms with Gasteiger partial charge >= 0.3 is 13.2 Å². The van der Waals surface area contributed by atoms with Gasteiger partial charge in [0.2, 0.25) is 0 Å². The van der Waals surface area contributed by atoms with Gasteiger partial charge in [0.15, 0.2) is 0 Å². The Morgan fingerprint density at radius 3 is 2.79 bits per heavy atom. The maximum atomic E-state index is 11.8. The Hall–Kier alpha value is -1.73. The Bertz CT molecular complexity index is 573. The van der Waals surface area contributed by atoms with Gasteiger partial charge in [-0.25, -0.2) is 4.79 Å². The smallest absolute Gasteiger partial charge is 0.492 e. The minimum absolute atomic E-state index is 0.269. The molecule has 0 aromatic heterocycles. The van der Waals surface area contributed by atoms with Gasteiger partial charge in [-0.2, -0.15) is 0 Å². The van der Waals surface area contributed by atoms with Gasteiger partial charge in [-0.15, -0.1) is 0 Å². The van der Waals surface area contributed by atoms with Crippen LogP contribution in [0.15, 0.2) is 18.2 Å². The van der Waals surface area contributed by atoms with Crippen LogP contribution in [0.2, 0.25) is 0 Å². The highest BCUT2D eigenvalue weighted by Crippen LogP contribution is 2.29. The zero-order valence-electron chi connectivity index (χ0n) is 15.0. The quantitative estimate of drug-likeness (QED) is 0.841. The molecule has 2 heterocycles. The summed E-state index contributed by atoms with van der Waals surface area (Å²) >= 11 is 0. The molecule has 2 aliphatic heterocycles. The van der Waals surface area contributed by atoms with Crippen molar-refractivity contribution in [3.63, 3.8) is 0 Å². The van der Waals surface area contributed by atoms with E-state index in [4.69, 9.17) is 18.8 Å². The second kappa shape index (κ2) is 7.90. The molecular formula is C17H26BNO5. The predicted molar refractivity (Wildman–Crippen MR) is 92.7 cm³/mol. The molecule has 24 heavy (non-hydrogen) atoms. The number of benzene rings is 1. The van der Waals surface area contributed by atoms with Crippen molar-refractivity contribution in [1.29, 1.82) is 0 Å². The fraction of sp³-hybridized carbons (Fsp3) is 0.588. The van der Waals surface area contributed by atoms with Crippen molar-refractivity contribution in [2.24, 2.45) is 0 Å². The molecule has 0 saturated carbocycles. The molecule has 6 nitrogen and oxygen atoms in total. The number of alkyl carbamates (subject to hydrolysis) is 1. The molecule has 1 amide bonds. The Morgan fingerprint density at radius 2 is 2.08 bits per heavy atom. The van der Waals surface area contributed by atoms with Crippen molar-refractivity contribution in [3.8, 4) is 5.75 Å². The van der Waals surface area contributed by atoms with Crippen LogP contribution in [-0.4, -0.2) is 38.6 Å². The zero-order chi connectivity index (χ0) is 17.7. The first kappa shape index (κ1) is 18.6. The summed E-state index contributed by atoms with van der Waals surface area (Å²) in [7, 11) is -0.431. The lowest BCUT2D eigenvalue weighted by Gasteiger charge is -2.21. The molecule has 7 heteroatoms. The third-order valence-corrected chi connectivity index (χ3v) is 3.41. The highest BCUT2D eigenvalue weighted by Gasteiger charge is 2.41. The molecule has 1 atom stereocenters. The highest BCUT2D eigenvalue weighted by atomic mass is 16.6. The third kappa shape index (κ3) is 4.42. The normalized spacial score (nSPS) is 18.5. The van der Waals surface area contributed by atoms with E-state index < -0.39 is 18.8 Å². The first-order chi connectivity index (χ1) is 11.4. The van der Waals surface area contributed by atoms with Crippen LogP contribution in [0.3, 0.4) is 0 Å². The Labute approximate surface area is 143 Å². The number of nitrogens with one attached hydrogen (secondary N) is 1. The Balaban J connectivity index is 0.00000100. The molecule has 0 aliphatic carbocycles. The van der Waals surface area contributed by atoms with E-state index in [1.807, 2.05) is 52.8 Å². The van der Waals surface area contributed by atoms with E-state index in [0.29, 0.717) is 19.8 Å². The van der Waals surface area contributed by atoms with Gasteiger partial charge in [0.25, 0.3) is 0 Å². The molecule has 1 aromatic carbocycles. The molecule has 3 rings (SSSR count). The van der Waals surface area contributed by atoms with Crippen LogP contribution in [0.5, 0.6) is 5.75 Å². The largest absolute Gasteiger partial charge is 0.498 e. The number of rotatable bonds is 2. The van der Waals surface area contributed by atoms with Gasteiger partial charge in [0.05, 0.1) is 12.7 Å². The maximum absolute atomic E-state index is 11.8. The SMILES string of the molecule is CC.CC(C)(C)OC(=O)NCC1OB2OCCOc3cccc1c32. The fourth-order valence-electron chi connectivity index (χ4n) is 2.59. The number of amides is 1. The van der Waals surface area contributed by atoms with Crippen LogP contribution in [0.1, 0.15) is 46.3 Å². The number of carbonyl (C=O) groups excluding carboxylic acids is 1. The Morgan fingerprint density at radius 1 is 1.33 bits per heavy atom. The van der Waals surface area contributed by atoms with Crippen LogP contribution in [-0.2, 0) is 14.0 Å². The molecule has 0 fully saturated rings. The average Bonchev–Trinajstić information content (AvgIpc) is 2.75. The molecule has 0 radical (unpaired) electrons. The van der Waals surface area contributed by atoms with Gasteiger partial charge in [0, 0.05) is 12.0 Å². The second-order valence-corrected chi connectivity index (χ2v) is 6.32. The predicted octanol–water partition coefficient (Wildman–Crippen LogP) is 2.41. The van der Waals surface area contributed by atoms with E-state index in [-0.39, 0.29) is 6.10 Å². The molecule has 0 spiro atoms. The molecule has 1 unspecified atom stereocenters. The number of hydrogen-bond acceptors (Lipinski definition) is 5. The molecule has 0 saturated heterocycles. The van der Waals surface area contributed by atoms with Gasteiger partial charge in [-0.1, -0.05) is 26.0 Å². The minimum atomic E-state index is -0.522. The topological polar surface area (TPSA) is 66.0 Å². The average molecular weight is 335 g/mol. The summed E-state index contributed by atoms with van der Waals surface area (Å²) in [6, 6.07) is 5.80. The van der Waals surface area contributed by atoms with Crippen molar-refractivity contribution in [1.82, 2.24) is 5.32 Å². The monoisotopic (exact) mass is 335 g/mol. The van der Waals surface area contributed by atoms with E-state index in [1.54, 1.807) is 0 Å². The summed E-state index contributed by atoms with van der Waals surface area (Å²) in [6.07, 6.45) is -0.726. The van der Waals surface area contributed by atoms with Gasteiger partial charge in [0.1, 0.15) is 18.0 Å². The fourth-order valence-corrected chi connectivity index (χ4v) is 2.59. The van der Waals surface area contributed by atoms with E-state index in [1.165, 1.54) is 0 Å². The molecule has 132 valence electrons. The van der Waals surface area contributed by atoms with Crippen LogP contribution >= 0.6 is 0 Å². The third-order valence-electron chi connectivity index (χ3n) is 3.41. The van der Waals surface area contributed by atoms with E-state index >= 15 is 0 Å². The number of hydrogen-bond donors (Lipinski definition) is 1. The van der Waals surface area contributed by atoms with Crippen molar-refractivity contribution in [2.75, 3.05) is 19.8 Å². The number of carbonyl (C=O) groups is 1. The summed E-state index contributed by atoms with van der Waals surface area (Å²) in [5.41, 5.74) is 1.39. The molecule has 1 aromatic rings. The van der Waals surface area contributed by atoms with E-state index in [9.17, 15) is 4.79 Å². The van der Waals surface area contributed by atoms with Crippen molar-refractivity contribution in [3.05, 3.63) is 23.8 Å². The van der Waals surface area contributed by atoms with Gasteiger partial charge in [-0.3, -0.25) is 0 Å². The van der Waals surface area contributed by atoms with E-state index in [0.717, 1.165) is 16.8 Å². The summed E-state index contributed by atoms with van der Waals surface area (Å²) in [6.45, 7) is 10.8. The second-order valence-electron chi connectivity index (χ2n) is 6.32. The van der Waals surface area contributed by atoms with Crippen LogP contribution in [0.25, 0.3) is 0 Å². The lowest BCUT2D eigenvalue weighted by atomic mass is 9.78. The standard InChI is InChI=1S/C15H20BNO5.C2H6/c1-15(2,3)21-14(18)17-9-12-10-5-4-6-11-13(10)16(22-12)20-8-7-19-11;1-2/h4-6,12H,7-9H2,1-3H3,(H,17,18);1-2H3. The van der Waals surface area contributed by atoms with Gasteiger partial charge < -0.3 is 24.1 Å². The lowest BCUT2D eigenvalue weighted by Crippen LogP contribution is -2.35. The molecule has 0 bridgehead atoms. The van der Waals surface area contributed by atoms with Crippen LogP contribution in [0.4, 0.5) is 4.79 Å².